The molecule has 0 saturated carbocycles. The normalized spacial score (nSPS) is 22.4. The summed E-state index contributed by atoms with van der Waals surface area (Å²) in [5.74, 6) is -0.698. The lowest BCUT2D eigenvalue weighted by Gasteiger charge is -2.37. The van der Waals surface area contributed by atoms with Gasteiger partial charge in [-0.15, -0.1) is 12.4 Å². The third-order valence-electron chi connectivity index (χ3n) is 4.24. The monoisotopic (exact) mass is 402 g/mol. The van der Waals surface area contributed by atoms with E-state index in [0.717, 1.165) is 6.07 Å². The van der Waals surface area contributed by atoms with Gasteiger partial charge in [-0.3, -0.25) is 0 Å². The second-order valence-corrected chi connectivity index (χ2v) is 7.71. The maximum atomic E-state index is 13.1. The number of hydrogen-bond donors (Lipinski definition) is 1. The molecule has 144 valence electrons. The van der Waals surface area contributed by atoms with Crippen molar-refractivity contribution >= 4 is 22.4 Å². The van der Waals surface area contributed by atoms with Crippen LogP contribution in [0.3, 0.4) is 0 Å². The predicted molar refractivity (Wildman–Crippen MR) is 90.9 cm³/mol. The van der Waals surface area contributed by atoms with Crippen LogP contribution in [0.15, 0.2) is 24.3 Å². The molecule has 0 aromatic heterocycles. The number of nitrogens with two attached hydrogens (primary N) is 1. The van der Waals surface area contributed by atoms with E-state index < -0.39 is 33.6 Å². The Bertz CT molecular complexity index is 670. The third-order valence-corrected chi connectivity index (χ3v) is 6.11. The van der Waals surface area contributed by atoms with E-state index in [1.165, 1.54) is 22.5 Å². The van der Waals surface area contributed by atoms with Crippen LogP contribution in [0, 0.1) is 0 Å². The molecule has 1 aliphatic heterocycles. The van der Waals surface area contributed by atoms with Crippen molar-refractivity contribution in [3.05, 3.63) is 35.4 Å². The Labute approximate surface area is 151 Å². The van der Waals surface area contributed by atoms with Gasteiger partial charge in [-0.1, -0.05) is 18.2 Å². The van der Waals surface area contributed by atoms with Crippen LogP contribution in [0.25, 0.3) is 0 Å². The Balaban J connectivity index is 0.00000312. The Hall–Kier alpha value is -0.870. The van der Waals surface area contributed by atoms with E-state index in [0.29, 0.717) is 12.8 Å². The smallest absolute Gasteiger partial charge is 0.381 e. The van der Waals surface area contributed by atoms with E-state index in [2.05, 4.69) is 0 Å². The third kappa shape index (κ3) is 5.30. The number of alkyl halides is 3. The number of halogens is 4. The second-order valence-electron chi connectivity index (χ2n) is 5.79. The molecule has 25 heavy (non-hydrogen) atoms. The molecule has 5 nitrogen and oxygen atoms in total. The largest absolute Gasteiger partial charge is 0.416 e. The molecule has 0 bridgehead atoms. The molecule has 2 rings (SSSR count). The van der Waals surface area contributed by atoms with Crippen molar-refractivity contribution in [2.45, 2.75) is 36.9 Å². The summed E-state index contributed by atoms with van der Waals surface area (Å²) in [5, 5.41) is 0. The summed E-state index contributed by atoms with van der Waals surface area (Å²) in [7, 11) is -2.37. The Morgan fingerprint density at radius 1 is 1.32 bits per heavy atom. The first-order valence-corrected chi connectivity index (χ1v) is 9.17. The van der Waals surface area contributed by atoms with Crippen LogP contribution in [-0.4, -0.2) is 45.1 Å². The van der Waals surface area contributed by atoms with Crippen LogP contribution in [0.1, 0.15) is 24.0 Å². The lowest BCUT2D eigenvalue weighted by Crippen LogP contribution is -2.51. The maximum Gasteiger partial charge on any atom is 0.416 e. The maximum absolute atomic E-state index is 13.1. The highest BCUT2D eigenvalue weighted by molar-refractivity contribution is 7.88. The van der Waals surface area contributed by atoms with Crippen molar-refractivity contribution < 1.29 is 26.3 Å². The van der Waals surface area contributed by atoms with Gasteiger partial charge in [-0.25, -0.2) is 8.42 Å². The number of benzene rings is 1. The number of ether oxygens (including phenoxy) is 1. The zero-order chi connectivity index (χ0) is 18.0. The summed E-state index contributed by atoms with van der Waals surface area (Å²) in [4.78, 5) is 0. The van der Waals surface area contributed by atoms with Crippen molar-refractivity contribution in [1.29, 1.82) is 0 Å². The van der Waals surface area contributed by atoms with Crippen molar-refractivity contribution in [2.24, 2.45) is 5.73 Å². The van der Waals surface area contributed by atoms with Crippen molar-refractivity contribution in [1.82, 2.24) is 4.31 Å². The second kappa shape index (κ2) is 8.68. The Morgan fingerprint density at radius 3 is 2.52 bits per heavy atom. The predicted octanol–water partition coefficient (Wildman–Crippen LogP) is 2.40. The van der Waals surface area contributed by atoms with Gasteiger partial charge in [0.2, 0.25) is 10.0 Å². The average molecular weight is 403 g/mol. The number of methoxy groups -OCH3 is 1. The van der Waals surface area contributed by atoms with E-state index in [1.807, 2.05) is 0 Å². The Morgan fingerprint density at radius 2 is 1.96 bits per heavy atom. The highest BCUT2D eigenvalue weighted by Gasteiger charge is 2.38. The molecule has 2 unspecified atom stereocenters. The van der Waals surface area contributed by atoms with Gasteiger partial charge in [0.1, 0.15) is 0 Å². The number of rotatable bonds is 5. The van der Waals surface area contributed by atoms with Crippen LogP contribution in [0.5, 0.6) is 0 Å². The van der Waals surface area contributed by atoms with Gasteiger partial charge in [0.25, 0.3) is 0 Å². The molecule has 1 aliphatic rings. The minimum atomic E-state index is -4.59. The van der Waals surface area contributed by atoms with E-state index in [4.69, 9.17) is 10.5 Å². The van der Waals surface area contributed by atoms with Gasteiger partial charge in [-0.2, -0.15) is 17.5 Å². The highest BCUT2D eigenvalue weighted by atomic mass is 35.5. The molecule has 0 amide bonds. The minimum Gasteiger partial charge on any atom is -0.381 e. The van der Waals surface area contributed by atoms with Crippen molar-refractivity contribution in [2.75, 3.05) is 20.2 Å². The summed E-state index contributed by atoms with van der Waals surface area (Å²) < 4.78 is 71.0. The summed E-state index contributed by atoms with van der Waals surface area (Å²) in [6.07, 6.45) is -3.75. The molecule has 1 heterocycles. The molecular weight excluding hydrogens is 381 g/mol. The fourth-order valence-corrected chi connectivity index (χ4v) is 4.81. The molecule has 1 aromatic carbocycles. The lowest BCUT2D eigenvalue weighted by molar-refractivity contribution is -0.138. The molecule has 10 heteroatoms. The van der Waals surface area contributed by atoms with Crippen LogP contribution in [0.4, 0.5) is 13.2 Å². The average Bonchev–Trinajstić information content (AvgIpc) is 2.53. The summed E-state index contributed by atoms with van der Waals surface area (Å²) in [6, 6.07) is 4.26. The van der Waals surface area contributed by atoms with Gasteiger partial charge in [0.05, 0.1) is 17.4 Å². The quantitative estimate of drug-likeness (QED) is 0.820. The van der Waals surface area contributed by atoms with Gasteiger partial charge >= 0.3 is 6.18 Å². The first kappa shape index (κ1) is 22.2. The van der Waals surface area contributed by atoms with Crippen molar-refractivity contribution in [3.63, 3.8) is 0 Å². The Kier molecular flexibility index (Phi) is 7.70. The van der Waals surface area contributed by atoms with E-state index >= 15 is 0 Å². The zero-order valence-electron chi connectivity index (χ0n) is 13.7. The molecule has 1 aromatic rings. The number of hydrogen-bond acceptors (Lipinski definition) is 4. The molecule has 2 atom stereocenters. The molecule has 1 saturated heterocycles. The molecule has 0 spiro atoms. The van der Waals surface area contributed by atoms with Crippen molar-refractivity contribution in [3.8, 4) is 0 Å². The standard InChI is InChI=1S/C15H21F3N2O3S.ClH/c1-23-13-6-7-20(12(8-13)9-19)24(21,22)10-11-4-2-3-5-14(11)15(16,17)18;/h2-5,12-13H,6-10,19H2,1H3;1H. The SMILES string of the molecule is COC1CCN(S(=O)(=O)Cc2ccccc2C(F)(F)F)C(CN)C1.Cl. The van der Waals surface area contributed by atoms with E-state index in [1.54, 1.807) is 7.11 Å². The summed E-state index contributed by atoms with van der Waals surface area (Å²) in [5.41, 5.74) is 4.48. The topological polar surface area (TPSA) is 72.6 Å². The van der Waals surface area contributed by atoms with Crippen LogP contribution in [-0.2, 0) is 26.7 Å². The fraction of sp³-hybridized carbons (Fsp3) is 0.600. The lowest BCUT2D eigenvalue weighted by atomic mass is 10.0. The zero-order valence-corrected chi connectivity index (χ0v) is 15.3. The fourth-order valence-electron chi connectivity index (χ4n) is 2.99. The first-order valence-electron chi connectivity index (χ1n) is 7.56. The molecule has 0 radical (unpaired) electrons. The minimum absolute atomic E-state index is 0. The summed E-state index contributed by atoms with van der Waals surface area (Å²) in [6.45, 7) is 0.289. The molecule has 2 N–H and O–H groups in total. The van der Waals surface area contributed by atoms with Gasteiger partial charge < -0.3 is 10.5 Å². The number of sulfonamides is 1. The molecular formula is C15H22ClF3N2O3S. The molecule has 1 fully saturated rings. The van der Waals surface area contributed by atoms with Gasteiger partial charge in [0, 0.05) is 26.2 Å². The molecule has 0 aliphatic carbocycles. The highest BCUT2D eigenvalue weighted by Crippen LogP contribution is 2.33. The van der Waals surface area contributed by atoms with Crippen LogP contribution >= 0.6 is 12.4 Å². The van der Waals surface area contributed by atoms with E-state index in [9.17, 15) is 21.6 Å². The summed E-state index contributed by atoms with van der Waals surface area (Å²) >= 11 is 0. The van der Waals surface area contributed by atoms with Crippen LogP contribution in [0.2, 0.25) is 0 Å². The first-order chi connectivity index (χ1) is 11.2. The van der Waals surface area contributed by atoms with Gasteiger partial charge in [0.15, 0.2) is 0 Å². The van der Waals surface area contributed by atoms with E-state index in [-0.39, 0.29) is 37.2 Å². The van der Waals surface area contributed by atoms with Gasteiger partial charge in [-0.05, 0) is 24.5 Å². The van der Waals surface area contributed by atoms with Crippen LogP contribution < -0.4 is 5.73 Å². The number of piperidine rings is 1. The number of nitrogens with zero attached hydrogens (tertiary/aromatic N) is 1.